The second-order valence-corrected chi connectivity index (χ2v) is 5.24. The van der Waals surface area contributed by atoms with E-state index in [-0.39, 0.29) is 6.61 Å². The van der Waals surface area contributed by atoms with E-state index in [0.717, 1.165) is 57.0 Å². The number of allylic oxidation sites excluding steroid dienone is 2. The number of rotatable bonds is 5. The highest BCUT2D eigenvalue weighted by Crippen LogP contribution is 2.23. The van der Waals surface area contributed by atoms with Gasteiger partial charge in [0, 0.05) is 45.5 Å². The molecule has 0 aromatic rings. The van der Waals surface area contributed by atoms with Crippen molar-refractivity contribution >= 4 is 5.71 Å². The molecule has 5 nitrogen and oxygen atoms in total. The summed E-state index contributed by atoms with van der Waals surface area (Å²) in [6.45, 7) is 8.99. The molecular weight excluding hydrogens is 264 g/mol. The summed E-state index contributed by atoms with van der Waals surface area (Å²) in [6.07, 6.45) is 4.56. The number of nitrogens with one attached hydrogen (secondary N) is 2. The monoisotopic (exact) mass is 296 g/mol. The lowest BCUT2D eigenvalue weighted by Gasteiger charge is -2.27. The van der Waals surface area contributed by atoms with Crippen molar-refractivity contribution in [3.63, 3.8) is 0 Å². The molecule has 0 spiro atoms. The van der Waals surface area contributed by atoms with Gasteiger partial charge in [0.15, 0.2) is 0 Å². The smallest absolute Gasteiger partial charge is 0.0827 e. The van der Waals surface area contributed by atoms with Gasteiger partial charge in [-0.25, -0.2) is 0 Å². The lowest BCUT2D eigenvalue weighted by atomic mass is 10.0. The first-order valence-electron chi connectivity index (χ1n) is 8.33. The van der Waals surface area contributed by atoms with Crippen molar-refractivity contribution in [3.05, 3.63) is 11.4 Å². The lowest BCUT2D eigenvalue weighted by Crippen LogP contribution is -2.45. The van der Waals surface area contributed by atoms with Crippen molar-refractivity contribution < 1.29 is 5.11 Å². The molecule has 0 unspecified atom stereocenters. The van der Waals surface area contributed by atoms with Crippen LogP contribution >= 0.6 is 0 Å². The quantitative estimate of drug-likeness (QED) is 0.670. The van der Waals surface area contributed by atoms with Crippen LogP contribution in [-0.2, 0) is 0 Å². The van der Waals surface area contributed by atoms with Gasteiger partial charge in [0.25, 0.3) is 0 Å². The number of aliphatic imine (C=N–C) groups is 1. The second-order valence-electron chi connectivity index (χ2n) is 5.24. The fraction of sp³-hybridized carbons (Fsp3) is 0.812. The molecule has 1 saturated heterocycles. The Morgan fingerprint density at radius 3 is 2.52 bits per heavy atom. The second kappa shape index (κ2) is 10.8. The molecule has 0 saturated carbocycles. The van der Waals surface area contributed by atoms with Gasteiger partial charge in [-0.1, -0.05) is 13.8 Å². The summed E-state index contributed by atoms with van der Waals surface area (Å²) in [5.74, 6) is 0. The molecule has 1 aliphatic heterocycles. The maximum atomic E-state index is 9.53. The van der Waals surface area contributed by atoms with Crippen LogP contribution < -0.4 is 10.6 Å². The van der Waals surface area contributed by atoms with E-state index >= 15 is 0 Å². The number of aliphatic hydroxyl groups excluding tert-OH is 1. The first-order valence-corrected chi connectivity index (χ1v) is 8.33. The van der Waals surface area contributed by atoms with Crippen molar-refractivity contribution in [3.8, 4) is 0 Å². The standard InChI is InChI=1S/C14H26N4O.C2H6/c1-15-13-4-2-3-5-14(13)17-12(11-19)10-18-8-6-16-7-9-18;1-2/h15-16,19H,2-11H2,1H3;1-2H3. The maximum Gasteiger partial charge on any atom is 0.0827 e. The highest BCUT2D eigenvalue weighted by atomic mass is 16.3. The first-order chi connectivity index (χ1) is 10.3. The number of aliphatic hydroxyl groups is 1. The van der Waals surface area contributed by atoms with Gasteiger partial charge >= 0.3 is 0 Å². The van der Waals surface area contributed by atoms with E-state index in [9.17, 15) is 5.11 Å². The Hall–Kier alpha value is -0.910. The molecule has 21 heavy (non-hydrogen) atoms. The summed E-state index contributed by atoms with van der Waals surface area (Å²) in [5.41, 5.74) is 3.29. The minimum Gasteiger partial charge on any atom is -0.390 e. The zero-order valence-electron chi connectivity index (χ0n) is 13.9. The molecule has 1 fully saturated rings. The summed E-state index contributed by atoms with van der Waals surface area (Å²) in [6, 6.07) is 0. The van der Waals surface area contributed by atoms with E-state index in [1.807, 2.05) is 20.9 Å². The molecule has 5 heteroatoms. The van der Waals surface area contributed by atoms with Gasteiger partial charge in [0.2, 0.25) is 0 Å². The SMILES string of the molecule is CC.CNC1=C(N=C(CO)CN2CCNCC2)CCCC1. The summed E-state index contributed by atoms with van der Waals surface area (Å²) < 4.78 is 0. The summed E-state index contributed by atoms with van der Waals surface area (Å²) >= 11 is 0. The Labute approximate surface area is 129 Å². The van der Waals surface area contributed by atoms with Crippen molar-refractivity contribution in [2.24, 2.45) is 4.99 Å². The van der Waals surface area contributed by atoms with Crippen LogP contribution in [0, 0.1) is 0 Å². The van der Waals surface area contributed by atoms with Crippen LogP contribution in [0.4, 0.5) is 0 Å². The third kappa shape index (κ3) is 6.16. The molecular formula is C16H32N4O. The molecule has 0 bridgehead atoms. The van der Waals surface area contributed by atoms with Crippen LogP contribution in [0.5, 0.6) is 0 Å². The third-order valence-electron chi connectivity index (χ3n) is 3.83. The molecule has 0 aromatic heterocycles. The maximum absolute atomic E-state index is 9.53. The normalized spacial score (nSPS) is 20.9. The zero-order chi connectivity index (χ0) is 15.5. The molecule has 122 valence electrons. The predicted octanol–water partition coefficient (Wildman–Crippen LogP) is 1.36. The summed E-state index contributed by atoms with van der Waals surface area (Å²) in [5, 5.41) is 16.1. The average Bonchev–Trinajstić information content (AvgIpc) is 2.57. The third-order valence-corrected chi connectivity index (χ3v) is 3.83. The number of hydrogen-bond donors (Lipinski definition) is 3. The largest absolute Gasteiger partial charge is 0.390 e. The molecule has 2 rings (SSSR count). The first kappa shape index (κ1) is 18.1. The highest BCUT2D eigenvalue weighted by molar-refractivity contribution is 5.88. The van der Waals surface area contributed by atoms with E-state index in [0.29, 0.717) is 0 Å². The number of piperazine rings is 1. The minimum atomic E-state index is 0.0599. The van der Waals surface area contributed by atoms with E-state index in [1.54, 1.807) is 0 Å². The molecule has 2 aliphatic rings. The zero-order valence-corrected chi connectivity index (χ0v) is 13.9. The Bertz CT molecular complexity index is 346. The van der Waals surface area contributed by atoms with E-state index < -0.39 is 0 Å². The average molecular weight is 296 g/mol. The molecule has 3 N–H and O–H groups in total. The highest BCUT2D eigenvalue weighted by Gasteiger charge is 2.15. The number of nitrogens with zero attached hydrogens (tertiary/aromatic N) is 2. The van der Waals surface area contributed by atoms with Crippen LogP contribution in [0.2, 0.25) is 0 Å². The van der Waals surface area contributed by atoms with Crippen LogP contribution in [0.25, 0.3) is 0 Å². The van der Waals surface area contributed by atoms with Crippen LogP contribution in [0.1, 0.15) is 39.5 Å². The van der Waals surface area contributed by atoms with Gasteiger partial charge in [-0.2, -0.15) is 0 Å². The molecule has 0 atom stereocenters. The molecule has 1 aliphatic carbocycles. The Morgan fingerprint density at radius 1 is 1.24 bits per heavy atom. The topological polar surface area (TPSA) is 59.9 Å². The fourth-order valence-corrected chi connectivity index (χ4v) is 2.72. The van der Waals surface area contributed by atoms with E-state index in [2.05, 4.69) is 15.5 Å². The molecule has 0 amide bonds. The van der Waals surface area contributed by atoms with Gasteiger partial charge < -0.3 is 15.7 Å². The molecule has 0 radical (unpaired) electrons. The van der Waals surface area contributed by atoms with Crippen molar-refractivity contribution in [1.29, 1.82) is 0 Å². The lowest BCUT2D eigenvalue weighted by molar-refractivity contribution is 0.264. The van der Waals surface area contributed by atoms with E-state index in [1.165, 1.54) is 18.5 Å². The van der Waals surface area contributed by atoms with Crippen LogP contribution in [0.15, 0.2) is 16.4 Å². The van der Waals surface area contributed by atoms with Gasteiger partial charge in [0.05, 0.1) is 18.0 Å². The predicted molar refractivity (Wildman–Crippen MR) is 89.7 cm³/mol. The summed E-state index contributed by atoms with van der Waals surface area (Å²) in [4.78, 5) is 7.08. The minimum absolute atomic E-state index is 0.0599. The fourth-order valence-electron chi connectivity index (χ4n) is 2.72. The Balaban J connectivity index is 0.00000106. The Kier molecular flexibility index (Phi) is 9.30. The summed E-state index contributed by atoms with van der Waals surface area (Å²) in [7, 11) is 1.96. The van der Waals surface area contributed by atoms with Crippen molar-refractivity contribution in [2.45, 2.75) is 39.5 Å². The van der Waals surface area contributed by atoms with Gasteiger partial charge in [-0.3, -0.25) is 9.89 Å². The van der Waals surface area contributed by atoms with Gasteiger partial charge in [-0.15, -0.1) is 0 Å². The van der Waals surface area contributed by atoms with Gasteiger partial charge in [0.1, 0.15) is 0 Å². The van der Waals surface area contributed by atoms with E-state index in [4.69, 9.17) is 4.99 Å². The molecule has 1 heterocycles. The molecule has 0 aromatic carbocycles. The van der Waals surface area contributed by atoms with Gasteiger partial charge in [-0.05, 0) is 25.7 Å². The Morgan fingerprint density at radius 2 is 1.90 bits per heavy atom. The van der Waals surface area contributed by atoms with Crippen LogP contribution in [0.3, 0.4) is 0 Å². The van der Waals surface area contributed by atoms with Crippen LogP contribution in [-0.4, -0.2) is 62.1 Å². The number of hydrogen-bond acceptors (Lipinski definition) is 5. The van der Waals surface area contributed by atoms with Crippen molar-refractivity contribution in [1.82, 2.24) is 15.5 Å². The van der Waals surface area contributed by atoms with Crippen molar-refractivity contribution in [2.75, 3.05) is 46.4 Å².